The van der Waals surface area contributed by atoms with Gasteiger partial charge in [0.25, 0.3) is 0 Å². The third kappa shape index (κ3) is 6.41. The number of aliphatic imine (C=N–C) groups is 1. The van der Waals surface area contributed by atoms with Crippen LogP contribution in [0.3, 0.4) is 0 Å². The number of nitrogens with zero attached hydrogens (tertiary/aromatic N) is 1. The average Bonchev–Trinajstić information content (AvgIpc) is 3.11. The van der Waals surface area contributed by atoms with E-state index in [1.165, 1.54) is 62.6 Å². The molecule has 1 nitrogen and oxygen atoms in total. The molecule has 0 spiro atoms. The zero-order valence-electron chi connectivity index (χ0n) is 16.9. The minimum absolute atomic E-state index is 0.790. The summed E-state index contributed by atoms with van der Waals surface area (Å²) in [7, 11) is 0. The summed E-state index contributed by atoms with van der Waals surface area (Å²) in [6.07, 6.45) is 12.2. The Hall–Kier alpha value is -0.311. The van der Waals surface area contributed by atoms with Crippen LogP contribution >= 0.6 is 0 Å². The van der Waals surface area contributed by atoms with Crippen LogP contribution in [0.25, 0.3) is 0 Å². The Bertz CT molecular complexity index is 486. The SMILES string of the molecule is CCC[CH2][Sn]([CH2]CCC)([CH2]CCC)[CH]1CCC(Cc2ccccc2)=N1. The maximum absolute atomic E-state index is 5.42. The molecule has 0 N–H and O–H groups in total. The van der Waals surface area contributed by atoms with Crippen molar-refractivity contribution in [3.05, 3.63) is 35.9 Å². The van der Waals surface area contributed by atoms with E-state index in [0.717, 1.165) is 10.5 Å². The van der Waals surface area contributed by atoms with Gasteiger partial charge in [-0.15, -0.1) is 0 Å². The van der Waals surface area contributed by atoms with Gasteiger partial charge in [0.15, 0.2) is 0 Å². The van der Waals surface area contributed by atoms with Crippen LogP contribution in [0.4, 0.5) is 0 Å². The van der Waals surface area contributed by atoms with Crippen LogP contribution in [0.1, 0.15) is 77.7 Å². The Morgan fingerprint density at radius 1 is 0.880 bits per heavy atom. The fraction of sp³-hybridized carbons (Fsp3) is 0.696. The van der Waals surface area contributed by atoms with Gasteiger partial charge in [0, 0.05) is 0 Å². The van der Waals surface area contributed by atoms with Gasteiger partial charge >= 0.3 is 161 Å². The molecule has 0 saturated carbocycles. The molecule has 1 atom stereocenters. The molecule has 1 unspecified atom stereocenters. The van der Waals surface area contributed by atoms with Gasteiger partial charge in [-0.2, -0.15) is 0 Å². The van der Waals surface area contributed by atoms with Crippen molar-refractivity contribution >= 4 is 24.1 Å². The molecular formula is C23H39NSn. The second kappa shape index (κ2) is 11.4. The van der Waals surface area contributed by atoms with Crippen molar-refractivity contribution in [3.63, 3.8) is 0 Å². The second-order valence-corrected chi connectivity index (χ2v) is 22.0. The van der Waals surface area contributed by atoms with Crippen molar-refractivity contribution in [3.8, 4) is 0 Å². The van der Waals surface area contributed by atoms with Gasteiger partial charge < -0.3 is 0 Å². The first kappa shape index (κ1) is 21.0. The summed E-state index contributed by atoms with van der Waals surface area (Å²) in [5.41, 5.74) is 2.94. The van der Waals surface area contributed by atoms with E-state index in [-0.39, 0.29) is 0 Å². The molecule has 2 rings (SSSR count). The van der Waals surface area contributed by atoms with Crippen molar-refractivity contribution in [1.29, 1.82) is 0 Å². The molecule has 0 bridgehead atoms. The van der Waals surface area contributed by atoms with Crippen LogP contribution in [0.15, 0.2) is 35.3 Å². The van der Waals surface area contributed by atoms with Gasteiger partial charge in [0.1, 0.15) is 0 Å². The average molecular weight is 448 g/mol. The fourth-order valence-electron chi connectivity index (χ4n) is 4.52. The number of benzene rings is 1. The molecule has 1 aromatic rings. The van der Waals surface area contributed by atoms with E-state index in [1.807, 2.05) is 0 Å². The Morgan fingerprint density at radius 3 is 1.96 bits per heavy atom. The predicted molar refractivity (Wildman–Crippen MR) is 116 cm³/mol. The third-order valence-corrected chi connectivity index (χ3v) is 22.9. The van der Waals surface area contributed by atoms with E-state index in [9.17, 15) is 0 Å². The molecule has 25 heavy (non-hydrogen) atoms. The van der Waals surface area contributed by atoms with E-state index in [4.69, 9.17) is 4.99 Å². The topological polar surface area (TPSA) is 12.4 Å². The van der Waals surface area contributed by atoms with E-state index >= 15 is 0 Å². The van der Waals surface area contributed by atoms with Crippen LogP contribution in [0, 0.1) is 0 Å². The zero-order chi connectivity index (χ0) is 18.0. The van der Waals surface area contributed by atoms with Gasteiger partial charge in [-0.25, -0.2) is 0 Å². The second-order valence-electron chi connectivity index (χ2n) is 8.09. The summed E-state index contributed by atoms with van der Waals surface area (Å²) in [5, 5.41) is 0. The molecule has 140 valence electrons. The Kier molecular flexibility index (Phi) is 9.58. The third-order valence-electron chi connectivity index (χ3n) is 6.09. The molecular weight excluding hydrogens is 409 g/mol. The summed E-state index contributed by atoms with van der Waals surface area (Å²) >= 11 is -2.17. The first-order valence-corrected chi connectivity index (χ1v) is 18.5. The molecule has 0 aliphatic carbocycles. The normalized spacial score (nSPS) is 17.7. The number of rotatable bonds is 12. The van der Waals surface area contributed by atoms with Crippen molar-refractivity contribution in [2.75, 3.05) is 0 Å². The standard InChI is InChI=1S/C11H12N.3C4H9.Sn/c1-2-5-10(6-3-1)9-11-7-4-8-12-11;3*1-3-4-2;/h1-3,5-6,8H,4,7,9H2;3*1,3-4H2,2H3;. The Labute approximate surface area is 160 Å². The van der Waals surface area contributed by atoms with Crippen LogP contribution in [0.5, 0.6) is 0 Å². The molecule has 0 saturated heterocycles. The quantitative estimate of drug-likeness (QED) is 0.300. The maximum atomic E-state index is 5.42. The van der Waals surface area contributed by atoms with Gasteiger partial charge in [-0.05, 0) is 0 Å². The fourth-order valence-corrected chi connectivity index (χ4v) is 22.0. The summed E-state index contributed by atoms with van der Waals surface area (Å²) in [6, 6.07) is 11.0. The Balaban J connectivity index is 2.13. The summed E-state index contributed by atoms with van der Waals surface area (Å²) < 4.78 is 5.58. The molecule has 1 aliphatic rings. The van der Waals surface area contributed by atoms with Crippen LogP contribution in [0.2, 0.25) is 13.3 Å². The van der Waals surface area contributed by atoms with Crippen LogP contribution in [-0.4, -0.2) is 28.1 Å². The molecule has 2 heteroatoms. The molecule has 0 radical (unpaired) electrons. The van der Waals surface area contributed by atoms with Gasteiger partial charge in [0.05, 0.1) is 0 Å². The van der Waals surface area contributed by atoms with Crippen molar-refractivity contribution < 1.29 is 0 Å². The summed E-state index contributed by atoms with van der Waals surface area (Å²) in [5.74, 6) is 0. The zero-order valence-corrected chi connectivity index (χ0v) is 19.8. The molecule has 1 aromatic carbocycles. The summed E-state index contributed by atoms with van der Waals surface area (Å²) in [6.45, 7) is 7.11. The van der Waals surface area contributed by atoms with Crippen LogP contribution in [-0.2, 0) is 6.42 Å². The minimum atomic E-state index is -2.17. The number of hydrogen-bond acceptors (Lipinski definition) is 1. The number of hydrogen-bond donors (Lipinski definition) is 0. The number of unbranched alkanes of at least 4 members (excludes halogenated alkanes) is 3. The van der Waals surface area contributed by atoms with Crippen LogP contribution < -0.4 is 0 Å². The van der Waals surface area contributed by atoms with Gasteiger partial charge in [-0.1, -0.05) is 0 Å². The monoisotopic (exact) mass is 449 g/mol. The Morgan fingerprint density at radius 2 is 1.44 bits per heavy atom. The molecule has 1 aliphatic heterocycles. The summed E-state index contributed by atoms with van der Waals surface area (Å²) in [4.78, 5) is 5.42. The molecule has 0 fully saturated rings. The van der Waals surface area contributed by atoms with E-state index in [1.54, 1.807) is 13.3 Å². The van der Waals surface area contributed by atoms with E-state index in [2.05, 4.69) is 51.1 Å². The van der Waals surface area contributed by atoms with Gasteiger partial charge in [-0.3, -0.25) is 0 Å². The molecule has 1 heterocycles. The molecule has 0 amide bonds. The first-order chi connectivity index (χ1) is 12.2. The van der Waals surface area contributed by atoms with Crippen molar-refractivity contribution in [2.24, 2.45) is 4.99 Å². The first-order valence-electron chi connectivity index (χ1n) is 10.8. The van der Waals surface area contributed by atoms with Gasteiger partial charge in [0.2, 0.25) is 0 Å². The van der Waals surface area contributed by atoms with E-state index in [0.29, 0.717) is 0 Å². The van der Waals surface area contributed by atoms with E-state index < -0.39 is 18.4 Å². The van der Waals surface area contributed by atoms with Crippen molar-refractivity contribution in [2.45, 2.75) is 95.9 Å². The predicted octanol–water partition coefficient (Wildman–Crippen LogP) is 7.22. The van der Waals surface area contributed by atoms with Crippen molar-refractivity contribution in [1.82, 2.24) is 0 Å². The molecule has 0 aromatic heterocycles.